The van der Waals surface area contributed by atoms with Gasteiger partial charge in [-0.1, -0.05) is 30.7 Å². The number of sulfonamides is 1. The molecule has 0 unspecified atom stereocenters. The number of carbonyl (C=O) groups is 1. The zero-order chi connectivity index (χ0) is 22.3. The van der Waals surface area contributed by atoms with Crippen molar-refractivity contribution >= 4 is 44.6 Å². The van der Waals surface area contributed by atoms with Crippen LogP contribution in [0.2, 0.25) is 5.02 Å². The highest BCUT2D eigenvalue weighted by molar-refractivity contribution is 7.93. The molecule has 168 valence electrons. The maximum absolute atomic E-state index is 13.3. The molecule has 1 fully saturated rings. The lowest BCUT2D eigenvalue weighted by Crippen LogP contribution is -2.37. The van der Waals surface area contributed by atoms with E-state index < -0.39 is 10.0 Å². The summed E-state index contributed by atoms with van der Waals surface area (Å²) in [6, 6.07) is 11.4. The first-order valence-corrected chi connectivity index (χ1v) is 11.9. The largest absolute Gasteiger partial charge is 0.378 e. The number of ether oxygens (including phenoxy) is 2. The third-order valence-electron chi connectivity index (χ3n) is 4.58. The summed E-state index contributed by atoms with van der Waals surface area (Å²) >= 11 is 6.14. The molecule has 31 heavy (non-hydrogen) atoms. The Kier molecular flexibility index (Phi) is 8.14. The number of morpholine rings is 1. The van der Waals surface area contributed by atoms with Gasteiger partial charge in [-0.15, -0.1) is 0 Å². The molecule has 2 aromatic carbocycles. The lowest BCUT2D eigenvalue weighted by Gasteiger charge is -2.30. The molecule has 0 atom stereocenters. The van der Waals surface area contributed by atoms with Gasteiger partial charge in [0.2, 0.25) is 5.91 Å². The summed E-state index contributed by atoms with van der Waals surface area (Å²) in [4.78, 5) is 14.1. The van der Waals surface area contributed by atoms with Crippen molar-refractivity contribution in [2.75, 3.05) is 54.5 Å². The minimum Gasteiger partial charge on any atom is -0.378 e. The van der Waals surface area contributed by atoms with E-state index in [2.05, 4.69) is 10.0 Å². The Morgan fingerprint density at radius 1 is 1.19 bits per heavy atom. The number of rotatable bonds is 9. The summed E-state index contributed by atoms with van der Waals surface area (Å²) in [6.07, 6.45) is 0.803. The summed E-state index contributed by atoms with van der Waals surface area (Å²) < 4.78 is 39.8. The van der Waals surface area contributed by atoms with E-state index >= 15 is 0 Å². The molecule has 1 saturated heterocycles. The molecular formula is C21H26ClN3O5S. The third kappa shape index (κ3) is 6.33. The topological polar surface area (TPSA) is 97.0 Å². The van der Waals surface area contributed by atoms with Gasteiger partial charge in [0.15, 0.2) is 0 Å². The van der Waals surface area contributed by atoms with Crippen molar-refractivity contribution < 1.29 is 22.7 Å². The zero-order valence-corrected chi connectivity index (χ0v) is 18.8. The molecule has 1 aliphatic heterocycles. The molecule has 0 saturated carbocycles. The summed E-state index contributed by atoms with van der Waals surface area (Å²) in [5.41, 5.74) is 1.17. The minimum atomic E-state index is -3.99. The molecule has 10 heteroatoms. The molecule has 2 N–H and O–H groups in total. The van der Waals surface area contributed by atoms with Crippen LogP contribution in [0, 0.1) is 0 Å². The van der Waals surface area contributed by atoms with Crippen molar-refractivity contribution in [3.8, 4) is 0 Å². The maximum atomic E-state index is 13.3. The van der Waals surface area contributed by atoms with Gasteiger partial charge in [0.25, 0.3) is 10.0 Å². The molecule has 0 radical (unpaired) electrons. The van der Waals surface area contributed by atoms with Gasteiger partial charge < -0.3 is 19.7 Å². The predicted molar refractivity (Wildman–Crippen MR) is 121 cm³/mol. The van der Waals surface area contributed by atoms with Gasteiger partial charge in [0, 0.05) is 25.4 Å². The van der Waals surface area contributed by atoms with E-state index in [1.54, 1.807) is 36.4 Å². The standard InChI is InChI=1S/C21H26ClN3O5S/c1-2-11-30-15-21(26)23-16-7-8-19(25-9-12-29-13-10-25)20(14-16)31(27,28)24-18-6-4-3-5-17(18)22/h3-8,14,24H,2,9-13,15H2,1H3,(H,23,26). The number of nitrogens with one attached hydrogen (secondary N) is 2. The summed E-state index contributed by atoms with van der Waals surface area (Å²) in [6.45, 7) is 4.46. The van der Waals surface area contributed by atoms with Crippen LogP contribution in [0.4, 0.5) is 17.1 Å². The van der Waals surface area contributed by atoms with Crippen molar-refractivity contribution in [3.05, 3.63) is 47.5 Å². The molecule has 0 bridgehead atoms. The van der Waals surface area contributed by atoms with Gasteiger partial charge in [-0.25, -0.2) is 8.42 Å². The number of amides is 1. The predicted octanol–water partition coefficient (Wildman–Crippen LogP) is 3.34. The summed E-state index contributed by atoms with van der Waals surface area (Å²) in [5, 5.41) is 2.98. The molecule has 0 spiro atoms. The summed E-state index contributed by atoms with van der Waals surface area (Å²) in [7, 11) is -3.99. The number of para-hydroxylation sites is 1. The fraction of sp³-hybridized carbons (Fsp3) is 0.381. The third-order valence-corrected chi connectivity index (χ3v) is 6.31. The molecular weight excluding hydrogens is 442 g/mol. The number of nitrogens with zero attached hydrogens (tertiary/aromatic N) is 1. The van der Waals surface area contributed by atoms with E-state index in [1.807, 2.05) is 11.8 Å². The van der Waals surface area contributed by atoms with Crippen molar-refractivity contribution in [2.24, 2.45) is 0 Å². The Morgan fingerprint density at radius 2 is 1.94 bits per heavy atom. The van der Waals surface area contributed by atoms with Crippen LogP contribution in [0.25, 0.3) is 0 Å². The van der Waals surface area contributed by atoms with Crippen LogP contribution in [0.1, 0.15) is 13.3 Å². The Labute approximate surface area is 187 Å². The van der Waals surface area contributed by atoms with E-state index in [4.69, 9.17) is 21.1 Å². The Bertz CT molecular complexity index is 1010. The van der Waals surface area contributed by atoms with E-state index in [9.17, 15) is 13.2 Å². The van der Waals surface area contributed by atoms with E-state index in [0.29, 0.717) is 44.3 Å². The molecule has 1 amide bonds. The Morgan fingerprint density at radius 3 is 2.65 bits per heavy atom. The first-order chi connectivity index (χ1) is 14.9. The van der Waals surface area contributed by atoms with Gasteiger partial charge in [0.05, 0.1) is 29.6 Å². The molecule has 8 nitrogen and oxygen atoms in total. The molecule has 0 aromatic heterocycles. The normalized spacial score (nSPS) is 14.3. The number of carbonyl (C=O) groups excluding carboxylic acids is 1. The van der Waals surface area contributed by atoms with Crippen LogP contribution in [0.5, 0.6) is 0 Å². The van der Waals surface area contributed by atoms with E-state index in [-0.39, 0.29) is 28.1 Å². The smallest absolute Gasteiger partial charge is 0.264 e. The first-order valence-electron chi connectivity index (χ1n) is 10.0. The highest BCUT2D eigenvalue weighted by atomic mass is 35.5. The number of anilines is 3. The van der Waals surface area contributed by atoms with Gasteiger partial charge in [-0.05, 0) is 36.8 Å². The fourth-order valence-electron chi connectivity index (χ4n) is 3.12. The lowest BCUT2D eigenvalue weighted by molar-refractivity contribution is -0.120. The van der Waals surface area contributed by atoms with E-state index in [1.165, 1.54) is 6.07 Å². The van der Waals surface area contributed by atoms with Crippen LogP contribution < -0.4 is 14.9 Å². The van der Waals surface area contributed by atoms with Crippen LogP contribution in [-0.4, -0.2) is 53.8 Å². The van der Waals surface area contributed by atoms with Crippen molar-refractivity contribution in [1.29, 1.82) is 0 Å². The average Bonchev–Trinajstić information content (AvgIpc) is 2.76. The SMILES string of the molecule is CCCOCC(=O)Nc1ccc(N2CCOCC2)c(S(=O)(=O)Nc2ccccc2Cl)c1. The molecule has 1 aliphatic rings. The van der Waals surface area contributed by atoms with Gasteiger partial charge in [-0.3, -0.25) is 9.52 Å². The maximum Gasteiger partial charge on any atom is 0.264 e. The van der Waals surface area contributed by atoms with Crippen molar-refractivity contribution in [3.63, 3.8) is 0 Å². The first kappa shape index (κ1) is 23.3. The molecule has 0 aliphatic carbocycles. The van der Waals surface area contributed by atoms with Gasteiger partial charge in [-0.2, -0.15) is 0 Å². The zero-order valence-electron chi connectivity index (χ0n) is 17.3. The molecule has 1 heterocycles. The number of halogens is 1. The lowest BCUT2D eigenvalue weighted by atomic mass is 10.2. The quantitative estimate of drug-likeness (QED) is 0.549. The van der Waals surface area contributed by atoms with Crippen LogP contribution >= 0.6 is 11.6 Å². The monoisotopic (exact) mass is 467 g/mol. The second kappa shape index (κ2) is 10.8. The highest BCUT2D eigenvalue weighted by Crippen LogP contribution is 2.32. The van der Waals surface area contributed by atoms with Crippen molar-refractivity contribution in [1.82, 2.24) is 0 Å². The second-order valence-electron chi connectivity index (χ2n) is 6.97. The Balaban J connectivity index is 1.91. The van der Waals surface area contributed by atoms with E-state index in [0.717, 1.165) is 6.42 Å². The van der Waals surface area contributed by atoms with Crippen LogP contribution in [-0.2, 0) is 24.3 Å². The summed E-state index contributed by atoms with van der Waals surface area (Å²) in [5.74, 6) is -0.352. The molecule has 3 rings (SSSR count). The van der Waals surface area contributed by atoms with Gasteiger partial charge in [0.1, 0.15) is 11.5 Å². The average molecular weight is 468 g/mol. The van der Waals surface area contributed by atoms with Crippen molar-refractivity contribution in [2.45, 2.75) is 18.2 Å². The minimum absolute atomic E-state index is 0.0431. The van der Waals surface area contributed by atoms with Crippen LogP contribution in [0.15, 0.2) is 47.4 Å². The number of hydrogen-bond donors (Lipinski definition) is 2. The second-order valence-corrected chi connectivity index (χ2v) is 9.03. The van der Waals surface area contributed by atoms with Crippen LogP contribution in [0.3, 0.4) is 0 Å². The Hall–Kier alpha value is -2.33. The fourth-order valence-corrected chi connectivity index (χ4v) is 4.69. The number of hydrogen-bond acceptors (Lipinski definition) is 6. The highest BCUT2D eigenvalue weighted by Gasteiger charge is 2.25. The van der Waals surface area contributed by atoms with Gasteiger partial charge >= 0.3 is 0 Å². The molecule has 2 aromatic rings. The number of benzene rings is 2.